The Bertz CT molecular complexity index is 994. The lowest BCUT2D eigenvalue weighted by Gasteiger charge is -2.30. The first-order valence-corrected chi connectivity index (χ1v) is 10.5. The number of piperidine rings is 1. The van der Waals surface area contributed by atoms with Crippen molar-refractivity contribution in [3.63, 3.8) is 0 Å². The number of nitrogens with zero attached hydrogens (tertiary/aromatic N) is 1. The van der Waals surface area contributed by atoms with E-state index in [9.17, 15) is 4.79 Å². The van der Waals surface area contributed by atoms with Crippen LogP contribution in [0.2, 0.25) is 0 Å². The minimum atomic E-state index is -0.00180. The van der Waals surface area contributed by atoms with Crippen LogP contribution in [0.3, 0.4) is 0 Å². The van der Waals surface area contributed by atoms with E-state index < -0.39 is 0 Å². The summed E-state index contributed by atoms with van der Waals surface area (Å²) in [6.07, 6.45) is 6.15. The highest BCUT2D eigenvalue weighted by Gasteiger charge is 2.15. The van der Waals surface area contributed by atoms with Crippen molar-refractivity contribution < 1.29 is 9.15 Å². The molecule has 2 heterocycles. The topological polar surface area (TPSA) is 42.7 Å². The number of ether oxygens (including phenoxy) is 1. The first kappa shape index (κ1) is 19.0. The number of benzene rings is 2. The van der Waals surface area contributed by atoms with Gasteiger partial charge in [-0.2, -0.15) is 0 Å². The third-order valence-electron chi connectivity index (χ3n) is 5.68. The summed E-state index contributed by atoms with van der Waals surface area (Å²) in [4.78, 5) is 15.3. The molecular weight excluding hydrogens is 350 g/mol. The summed E-state index contributed by atoms with van der Waals surface area (Å²) in [5, 5.41) is 1.19. The van der Waals surface area contributed by atoms with Gasteiger partial charge in [-0.25, -0.2) is 0 Å². The highest BCUT2D eigenvalue weighted by molar-refractivity contribution is 5.90. The smallest absolute Gasteiger partial charge is 0.200 e. The standard InChI is InChI=1S/C24H29NO3/c1-18-8-7-14-25(17-18)13-5-2-6-15-27-19-11-12-23-21(16-19)24(26)20-9-3-4-10-22(20)28-23/h3-4,9-12,16,18H,2,5-8,13-15,17H2,1H3. The summed E-state index contributed by atoms with van der Waals surface area (Å²) >= 11 is 0. The molecule has 4 rings (SSSR count). The molecule has 28 heavy (non-hydrogen) atoms. The highest BCUT2D eigenvalue weighted by atomic mass is 16.5. The molecule has 0 radical (unpaired) electrons. The van der Waals surface area contributed by atoms with E-state index in [1.165, 1.54) is 45.3 Å². The van der Waals surface area contributed by atoms with Gasteiger partial charge in [0.1, 0.15) is 16.9 Å². The molecule has 1 saturated heterocycles. The van der Waals surface area contributed by atoms with E-state index in [-0.39, 0.29) is 5.43 Å². The molecule has 0 aliphatic carbocycles. The summed E-state index contributed by atoms with van der Waals surface area (Å²) in [7, 11) is 0. The van der Waals surface area contributed by atoms with Crippen molar-refractivity contribution in [2.24, 2.45) is 5.92 Å². The molecule has 1 aliphatic rings. The van der Waals surface area contributed by atoms with Crippen LogP contribution in [0, 0.1) is 5.92 Å². The maximum Gasteiger partial charge on any atom is 0.200 e. The molecule has 1 atom stereocenters. The number of hydrogen-bond donors (Lipinski definition) is 0. The normalized spacial score (nSPS) is 18.0. The van der Waals surface area contributed by atoms with Gasteiger partial charge in [0.2, 0.25) is 5.43 Å². The summed E-state index contributed by atoms with van der Waals surface area (Å²) in [5.41, 5.74) is 1.22. The number of rotatable bonds is 7. The minimum Gasteiger partial charge on any atom is -0.494 e. The predicted octanol–water partition coefficient (Wildman–Crippen LogP) is 5.23. The van der Waals surface area contributed by atoms with Crippen molar-refractivity contribution in [1.29, 1.82) is 0 Å². The Morgan fingerprint density at radius 1 is 1.07 bits per heavy atom. The first-order valence-electron chi connectivity index (χ1n) is 10.5. The molecule has 0 saturated carbocycles. The Kier molecular flexibility index (Phi) is 5.96. The molecule has 4 nitrogen and oxygen atoms in total. The molecule has 1 aromatic heterocycles. The summed E-state index contributed by atoms with van der Waals surface area (Å²) in [6, 6.07) is 12.9. The van der Waals surface area contributed by atoms with Crippen molar-refractivity contribution >= 4 is 21.9 Å². The molecule has 1 fully saturated rings. The van der Waals surface area contributed by atoms with Gasteiger partial charge in [0, 0.05) is 6.54 Å². The average Bonchev–Trinajstić information content (AvgIpc) is 2.71. The van der Waals surface area contributed by atoms with Crippen molar-refractivity contribution in [1.82, 2.24) is 4.90 Å². The van der Waals surface area contributed by atoms with Crippen LogP contribution in [0.25, 0.3) is 21.9 Å². The Balaban J connectivity index is 1.29. The second kappa shape index (κ2) is 8.78. The van der Waals surface area contributed by atoms with E-state index in [1.54, 1.807) is 6.07 Å². The van der Waals surface area contributed by atoms with E-state index in [4.69, 9.17) is 9.15 Å². The number of para-hydroxylation sites is 1. The van der Waals surface area contributed by atoms with Crippen LogP contribution in [0.15, 0.2) is 51.7 Å². The fraction of sp³-hybridized carbons (Fsp3) is 0.458. The number of likely N-dealkylation sites (tertiary alicyclic amines) is 1. The molecular formula is C24H29NO3. The van der Waals surface area contributed by atoms with Crippen LogP contribution in [-0.2, 0) is 0 Å². The van der Waals surface area contributed by atoms with Crippen molar-refractivity contribution in [3.8, 4) is 5.75 Å². The van der Waals surface area contributed by atoms with Crippen molar-refractivity contribution in [2.45, 2.75) is 39.0 Å². The maximum absolute atomic E-state index is 12.7. The van der Waals surface area contributed by atoms with Crippen LogP contribution < -0.4 is 10.2 Å². The molecule has 0 spiro atoms. The fourth-order valence-electron chi connectivity index (χ4n) is 4.17. The number of fused-ring (bicyclic) bond motifs is 2. The second-order valence-electron chi connectivity index (χ2n) is 8.04. The van der Waals surface area contributed by atoms with E-state index in [0.717, 1.165) is 18.1 Å². The van der Waals surface area contributed by atoms with E-state index in [2.05, 4.69) is 11.8 Å². The first-order chi connectivity index (χ1) is 13.7. The Morgan fingerprint density at radius 2 is 1.93 bits per heavy atom. The number of hydrogen-bond acceptors (Lipinski definition) is 4. The quantitative estimate of drug-likeness (QED) is 0.417. The third kappa shape index (κ3) is 4.39. The van der Waals surface area contributed by atoms with Crippen LogP contribution in [0.4, 0.5) is 0 Å². The summed E-state index contributed by atoms with van der Waals surface area (Å²) in [5.74, 6) is 1.58. The SMILES string of the molecule is CC1CCCN(CCCCCOc2ccc3oc4ccccc4c(=O)c3c2)C1. The van der Waals surface area contributed by atoms with Gasteiger partial charge in [-0.3, -0.25) is 4.79 Å². The highest BCUT2D eigenvalue weighted by Crippen LogP contribution is 2.23. The van der Waals surface area contributed by atoms with Gasteiger partial charge in [-0.1, -0.05) is 19.1 Å². The summed E-state index contributed by atoms with van der Waals surface area (Å²) in [6.45, 7) is 6.75. The Morgan fingerprint density at radius 3 is 2.82 bits per heavy atom. The fourth-order valence-corrected chi connectivity index (χ4v) is 4.17. The largest absolute Gasteiger partial charge is 0.494 e. The lowest BCUT2D eigenvalue weighted by Crippen LogP contribution is -2.34. The van der Waals surface area contributed by atoms with Gasteiger partial charge < -0.3 is 14.1 Å². The van der Waals surface area contributed by atoms with Crippen molar-refractivity contribution in [2.75, 3.05) is 26.2 Å². The zero-order chi connectivity index (χ0) is 19.3. The molecule has 3 aromatic rings. The lowest BCUT2D eigenvalue weighted by atomic mass is 10.00. The van der Waals surface area contributed by atoms with Gasteiger partial charge in [0.05, 0.1) is 17.4 Å². The van der Waals surface area contributed by atoms with E-state index in [0.29, 0.717) is 28.5 Å². The molecule has 148 valence electrons. The van der Waals surface area contributed by atoms with Crippen molar-refractivity contribution in [3.05, 3.63) is 52.7 Å². The Labute approximate surface area is 166 Å². The zero-order valence-electron chi connectivity index (χ0n) is 16.7. The predicted molar refractivity (Wildman–Crippen MR) is 114 cm³/mol. The molecule has 0 N–H and O–H groups in total. The minimum absolute atomic E-state index is 0.00180. The molecule has 0 bridgehead atoms. The molecule has 2 aromatic carbocycles. The van der Waals surface area contributed by atoms with Crippen LogP contribution in [0.1, 0.15) is 39.0 Å². The summed E-state index contributed by atoms with van der Waals surface area (Å²) < 4.78 is 11.7. The number of unbranched alkanes of at least 4 members (excludes halogenated alkanes) is 2. The van der Waals surface area contributed by atoms with Crippen LogP contribution >= 0.6 is 0 Å². The molecule has 1 aliphatic heterocycles. The third-order valence-corrected chi connectivity index (χ3v) is 5.68. The van der Waals surface area contributed by atoms with Crippen LogP contribution in [0.5, 0.6) is 5.75 Å². The molecule has 0 amide bonds. The van der Waals surface area contributed by atoms with Gasteiger partial charge in [-0.15, -0.1) is 0 Å². The van der Waals surface area contributed by atoms with Gasteiger partial charge in [0.25, 0.3) is 0 Å². The monoisotopic (exact) mass is 379 g/mol. The second-order valence-corrected chi connectivity index (χ2v) is 8.04. The molecule has 4 heteroatoms. The molecule has 1 unspecified atom stereocenters. The van der Waals surface area contributed by atoms with E-state index >= 15 is 0 Å². The van der Waals surface area contributed by atoms with E-state index in [1.807, 2.05) is 36.4 Å². The Hall–Kier alpha value is -2.33. The lowest BCUT2D eigenvalue weighted by molar-refractivity contribution is 0.179. The van der Waals surface area contributed by atoms with Crippen LogP contribution in [-0.4, -0.2) is 31.1 Å². The van der Waals surface area contributed by atoms with Gasteiger partial charge in [-0.05, 0) is 81.4 Å². The van der Waals surface area contributed by atoms with Gasteiger partial charge in [0.15, 0.2) is 0 Å². The maximum atomic E-state index is 12.7. The zero-order valence-corrected chi connectivity index (χ0v) is 16.7. The van der Waals surface area contributed by atoms with Gasteiger partial charge >= 0.3 is 0 Å². The average molecular weight is 380 g/mol.